The number of amides is 1. The van der Waals surface area contributed by atoms with Crippen molar-refractivity contribution in [2.75, 3.05) is 50.7 Å². The monoisotopic (exact) mass is 408 g/mol. The number of carbonyl (C=O) groups excluding carboxylic acids is 1. The third kappa shape index (κ3) is 5.14. The average molecular weight is 409 g/mol. The molecule has 7 heteroatoms. The Morgan fingerprint density at radius 1 is 1.07 bits per heavy atom. The minimum absolute atomic E-state index is 0.0447. The summed E-state index contributed by atoms with van der Waals surface area (Å²) in [6.45, 7) is 10.2. The van der Waals surface area contributed by atoms with Crippen LogP contribution in [0.25, 0.3) is 0 Å². The first-order valence-corrected chi connectivity index (χ1v) is 11.1. The smallest absolute Gasteiger partial charge is 0.227 e. The molecule has 0 aromatic carbocycles. The fourth-order valence-electron chi connectivity index (χ4n) is 4.48. The van der Waals surface area contributed by atoms with Crippen molar-refractivity contribution in [1.29, 1.82) is 0 Å². The molecule has 30 heavy (non-hydrogen) atoms. The first-order valence-electron chi connectivity index (χ1n) is 11.1. The molecule has 2 aliphatic heterocycles. The number of hydrogen-bond donors (Lipinski definition) is 0. The van der Waals surface area contributed by atoms with E-state index in [4.69, 9.17) is 0 Å². The van der Waals surface area contributed by atoms with E-state index in [1.54, 1.807) is 0 Å². The number of aryl methyl sites for hydroxylation is 2. The Kier molecular flexibility index (Phi) is 6.57. The lowest BCUT2D eigenvalue weighted by Gasteiger charge is -2.39. The molecule has 4 heterocycles. The molecule has 0 radical (unpaired) electrons. The molecule has 0 spiro atoms. The minimum atomic E-state index is 0.0447. The summed E-state index contributed by atoms with van der Waals surface area (Å²) in [5.41, 5.74) is 3.09. The van der Waals surface area contributed by atoms with Crippen molar-refractivity contribution in [2.45, 2.75) is 33.1 Å². The lowest BCUT2D eigenvalue weighted by atomic mass is 9.96. The highest BCUT2D eigenvalue weighted by molar-refractivity contribution is 5.79. The molecule has 1 amide bonds. The van der Waals surface area contributed by atoms with Crippen LogP contribution in [0.2, 0.25) is 0 Å². The lowest BCUT2D eigenvalue weighted by Crippen LogP contribution is -2.53. The fraction of sp³-hybridized carbons (Fsp3) is 0.565. The van der Waals surface area contributed by atoms with Gasteiger partial charge in [-0.1, -0.05) is 6.07 Å². The van der Waals surface area contributed by atoms with E-state index >= 15 is 0 Å². The Morgan fingerprint density at radius 3 is 2.53 bits per heavy atom. The Balaban J connectivity index is 1.28. The highest BCUT2D eigenvalue weighted by atomic mass is 16.2. The van der Waals surface area contributed by atoms with Gasteiger partial charge in [-0.15, -0.1) is 0 Å². The summed E-state index contributed by atoms with van der Waals surface area (Å²) in [6.07, 6.45) is 4.78. The SMILES string of the molecule is Cc1cc(C)nc(N2CCC[C@H](C(=O)N3CCN(CCc4ccccn4)CC3)C2)n1. The maximum Gasteiger partial charge on any atom is 0.227 e. The number of hydrogen-bond acceptors (Lipinski definition) is 6. The van der Waals surface area contributed by atoms with Crippen molar-refractivity contribution in [1.82, 2.24) is 24.8 Å². The molecule has 0 bridgehead atoms. The largest absolute Gasteiger partial charge is 0.340 e. The van der Waals surface area contributed by atoms with Crippen LogP contribution in [0.3, 0.4) is 0 Å². The van der Waals surface area contributed by atoms with Crippen LogP contribution in [0, 0.1) is 19.8 Å². The van der Waals surface area contributed by atoms with E-state index < -0.39 is 0 Å². The van der Waals surface area contributed by atoms with Crippen molar-refractivity contribution < 1.29 is 4.79 Å². The summed E-state index contributed by atoms with van der Waals surface area (Å²) in [4.78, 5) is 33.5. The standard InChI is InChI=1S/C23H32N6O/c1-18-16-19(2)26-23(25-18)29-10-5-6-20(17-29)22(30)28-14-12-27(13-15-28)11-8-21-7-3-4-9-24-21/h3-4,7,9,16,20H,5-6,8,10-15,17H2,1-2H3/t20-/m0/s1. The summed E-state index contributed by atoms with van der Waals surface area (Å²) < 4.78 is 0. The van der Waals surface area contributed by atoms with Gasteiger partial charge in [0, 0.05) is 75.5 Å². The maximum atomic E-state index is 13.2. The zero-order valence-electron chi connectivity index (χ0n) is 18.1. The van der Waals surface area contributed by atoms with E-state index in [1.807, 2.05) is 38.2 Å². The third-order valence-electron chi connectivity index (χ3n) is 6.12. The molecule has 7 nitrogen and oxygen atoms in total. The predicted molar refractivity (Wildman–Crippen MR) is 117 cm³/mol. The van der Waals surface area contributed by atoms with Crippen molar-refractivity contribution in [3.8, 4) is 0 Å². The first-order chi connectivity index (χ1) is 14.6. The zero-order valence-corrected chi connectivity index (χ0v) is 18.1. The van der Waals surface area contributed by atoms with E-state index in [-0.39, 0.29) is 5.92 Å². The number of nitrogens with zero attached hydrogens (tertiary/aromatic N) is 6. The normalized spacial score (nSPS) is 20.4. The van der Waals surface area contributed by atoms with E-state index in [0.29, 0.717) is 5.91 Å². The van der Waals surface area contributed by atoms with Crippen molar-refractivity contribution in [3.63, 3.8) is 0 Å². The third-order valence-corrected chi connectivity index (χ3v) is 6.12. The van der Waals surface area contributed by atoms with E-state index in [9.17, 15) is 4.79 Å². The minimum Gasteiger partial charge on any atom is -0.340 e. The number of anilines is 1. The zero-order chi connectivity index (χ0) is 20.9. The van der Waals surface area contributed by atoms with Gasteiger partial charge in [0.15, 0.2) is 0 Å². The van der Waals surface area contributed by atoms with Crippen LogP contribution in [-0.4, -0.2) is 76.5 Å². The van der Waals surface area contributed by atoms with Crippen LogP contribution in [0.15, 0.2) is 30.5 Å². The Hall–Kier alpha value is -2.54. The predicted octanol–water partition coefficient (Wildman–Crippen LogP) is 2.09. The van der Waals surface area contributed by atoms with E-state index in [1.165, 1.54) is 0 Å². The van der Waals surface area contributed by atoms with E-state index in [0.717, 1.165) is 88.1 Å². The van der Waals surface area contributed by atoms with Gasteiger partial charge in [-0.2, -0.15) is 0 Å². The number of carbonyl (C=O) groups is 1. The van der Waals surface area contributed by atoms with Crippen LogP contribution in [0.1, 0.15) is 29.9 Å². The molecule has 2 aliphatic rings. The number of piperazine rings is 1. The van der Waals surface area contributed by atoms with Crippen molar-refractivity contribution >= 4 is 11.9 Å². The number of piperidine rings is 1. The molecule has 2 saturated heterocycles. The molecule has 2 aromatic heterocycles. The Bertz CT molecular complexity index is 830. The maximum absolute atomic E-state index is 13.2. The summed E-state index contributed by atoms with van der Waals surface area (Å²) >= 11 is 0. The van der Waals surface area contributed by atoms with Crippen LogP contribution >= 0.6 is 0 Å². The fourth-order valence-corrected chi connectivity index (χ4v) is 4.48. The van der Waals surface area contributed by atoms with Gasteiger partial charge in [0.1, 0.15) is 0 Å². The molecule has 0 unspecified atom stereocenters. The quantitative estimate of drug-likeness (QED) is 0.755. The highest BCUT2D eigenvalue weighted by Crippen LogP contribution is 2.23. The average Bonchev–Trinajstić information content (AvgIpc) is 2.78. The van der Waals surface area contributed by atoms with Crippen LogP contribution in [-0.2, 0) is 11.2 Å². The second kappa shape index (κ2) is 9.51. The van der Waals surface area contributed by atoms with Crippen LogP contribution in [0.4, 0.5) is 5.95 Å². The van der Waals surface area contributed by atoms with E-state index in [2.05, 4.69) is 35.7 Å². The molecule has 0 aliphatic carbocycles. The van der Waals surface area contributed by atoms with Gasteiger partial charge in [-0.05, 0) is 44.9 Å². The van der Waals surface area contributed by atoms with Crippen molar-refractivity contribution in [2.24, 2.45) is 5.92 Å². The van der Waals surface area contributed by atoms with Gasteiger partial charge >= 0.3 is 0 Å². The Morgan fingerprint density at radius 2 is 1.83 bits per heavy atom. The molecular weight excluding hydrogens is 376 g/mol. The molecule has 0 saturated carbocycles. The molecule has 1 atom stereocenters. The van der Waals surface area contributed by atoms with Crippen LogP contribution in [0.5, 0.6) is 0 Å². The highest BCUT2D eigenvalue weighted by Gasteiger charge is 2.31. The summed E-state index contributed by atoms with van der Waals surface area (Å²) in [5.74, 6) is 1.11. The molecular formula is C23H32N6O. The van der Waals surface area contributed by atoms with Gasteiger partial charge in [-0.3, -0.25) is 14.7 Å². The number of pyridine rings is 1. The molecule has 2 fully saturated rings. The summed E-state index contributed by atoms with van der Waals surface area (Å²) in [5, 5.41) is 0. The van der Waals surface area contributed by atoms with Gasteiger partial charge in [0.25, 0.3) is 0 Å². The van der Waals surface area contributed by atoms with Crippen LogP contribution < -0.4 is 4.90 Å². The first kappa shape index (κ1) is 20.7. The molecule has 160 valence electrons. The second-order valence-electron chi connectivity index (χ2n) is 8.47. The van der Waals surface area contributed by atoms with Crippen molar-refractivity contribution in [3.05, 3.63) is 47.5 Å². The molecule has 2 aromatic rings. The lowest BCUT2D eigenvalue weighted by molar-refractivity contribution is -0.137. The van der Waals surface area contributed by atoms with Gasteiger partial charge in [0.2, 0.25) is 11.9 Å². The Labute approximate surface area is 179 Å². The number of rotatable bonds is 5. The summed E-state index contributed by atoms with van der Waals surface area (Å²) in [6, 6.07) is 8.06. The second-order valence-corrected chi connectivity index (χ2v) is 8.47. The van der Waals surface area contributed by atoms with Gasteiger partial charge < -0.3 is 9.80 Å². The topological polar surface area (TPSA) is 65.5 Å². The van der Waals surface area contributed by atoms with Gasteiger partial charge in [-0.25, -0.2) is 9.97 Å². The summed E-state index contributed by atoms with van der Waals surface area (Å²) in [7, 11) is 0. The van der Waals surface area contributed by atoms with Gasteiger partial charge in [0.05, 0.1) is 5.92 Å². The molecule has 0 N–H and O–H groups in total. The number of aromatic nitrogens is 3. The molecule has 4 rings (SSSR count).